The number of pyridine rings is 1. The van der Waals surface area contributed by atoms with Crippen LogP contribution in [0, 0.1) is 17.7 Å². The molecule has 0 N–H and O–H groups in total. The molecule has 0 saturated carbocycles. The predicted molar refractivity (Wildman–Crippen MR) is 155 cm³/mol. The van der Waals surface area contributed by atoms with E-state index >= 15 is 4.39 Å². The van der Waals surface area contributed by atoms with E-state index in [0.29, 0.717) is 50.1 Å². The molecule has 6 rings (SSSR count). The molecule has 1 aromatic heterocycles. The Morgan fingerprint density at radius 2 is 1.65 bits per heavy atom. The summed E-state index contributed by atoms with van der Waals surface area (Å²) in [5.41, 5.74) is 3.32. The van der Waals surface area contributed by atoms with Crippen molar-refractivity contribution in [3.63, 3.8) is 0 Å². The summed E-state index contributed by atoms with van der Waals surface area (Å²) >= 11 is 0. The molecule has 0 spiro atoms. The van der Waals surface area contributed by atoms with Crippen LogP contribution in [0.5, 0.6) is 0 Å². The number of para-hydroxylation sites is 1. The van der Waals surface area contributed by atoms with Crippen molar-refractivity contribution in [1.82, 2.24) is 9.88 Å². The van der Waals surface area contributed by atoms with Crippen molar-refractivity contribution >= 4 is 28.2 Å². The molecule has 3 saturated heterocycles. The number of ether oxygens (including phenoxy) is 2. The number of halogens is 1. The minimum Gasteiger partial charge on any atom is -0.381 e. The Labute approximate surface area is 235 Å². The molecular weight excluding hydrogens is 507 g/mol. The third-order valence-electron chi connectivity index (χ3n) is 8.62. The van der Waals surface area contributed by atoms with Gasteiger partial charge in [0.25, 0.3) is 0 Å². The molecule has 40 heavy (non-hydrogen) atoms. The first-order valence-corrected chi connectivity index (χ1v) is 14.7. The van der Waals surface area contributed by atoms with Crippen LogP contribution in [0.2, 0.25) is 0 Å². The molecule has 0 atom stereocenters. The zero-order chi connectivity index (χ0) is 27.3. The highest BCUT2D eigenvalue weighted by Crippen LogP contribution is 2.31. The number of piperidine rings is 1. The lowest BCUT2D eigenvalue weighted by atomic mass is 9.93. The zero-order valence-electron chi connectivity index (χ0n) is 23.1. The lowest BCUT2D eigenvalue weighted by molar-refractivity contribution is -0.124. The van der Waals surface area contributed by atoms with Gasteiger partial charge in [-0.25, -0.2) is 4.39 Å². The average Bonchev–Trinajstić information content (AvgIpc) is 3.01. The number of likely N-dealkylation sites (tertiary alicyclic amines) is 1. The van der Waals surface area contributed by atoms with Crippen molar-refractivity contribution in [2.24, 2.45) is 11.8 Å². The molecule has 8 heteroatoms. The second-order valence-corrected chi connectivity index (χ2v) is 11.3. The topological polar surface area (TPSA) is 58.1 Å². The molecule has 3 aromatic rings. The molecule has 3 aliphatic heterocycles. The first kappa shape index (κ1) is 27.1. The first-order chi connectivity index (χ1) is 19.6. The number of fused-ring (bicyclic) bond motifs is 1. The number of rotatable bonds is 7. The maximum atomic E-state index is 15.4. The number of hydrogen-bond donors (Lipinski definition) is 0. The number of morpholine rings is 1. The predicted octanol–water partition coefficient (Wildman–Crippen LogP) is 4.88. The van der Waals surface area contributed by atoms with Gasteiger partial charge in [-0.3, -0.25) is 14.7 Å². The third kappa shape index (κ3) is 6.29. The smallest absolute Gasteiger partial charge is 0.230 e. The van der Waals surface area contributed by atoms with E-state index in [9.17, 15) is 4.79 Å². The van der Waals surface area contributed by atoms with Crippen LogP contribution in [0.1, 0.15) is 31.4 Å². The number of carbonyl (C=O) groups excluding carboxylic acids is 1. The molecule has 7 nitrogen and oxygen atoms in total. The van der Waals surface area contributed by atoms with Gasteiger partial charge < -0.3 is 19.3 Å². The SMILES string of the molecule is O=C(C1CCN(Cc2ccc3ccccc3n2)CC1)N(CC1CCOCC1)c1ccc(N2CCOCC2)c(F)c1. The van der Waals surface area contributed by atoms with Gasteiger partial charge in [-0.05, 0) is 75.0 Å². The largest absolute Gasteiger partial charge is 0.381 e. The van der Waals surface area contributed by atoms with Crippen LogP contribution >= 0.6 is 0 Å². The number of carbonyl (C=O) groups is 1. The summed E-state index contributed by atoms with van der Waals surface area (Å²) in [7, 11) is 0. The van der Waals surface area contributed by atoms with E-state index in [1.54, 1.807) is 6.07 Å². The summed E-state index contributed by atoms with van der Waals surface area (Å²) in [5, 5.41) is 1.15. The van der Waals surface area contributed by atoms with Gasteiger partial charge in [-0.2, -0.15) is 0 Å². The molecular formula is C32H39FN4O3. The number of nitrogens with zero attached hydrogens (tertiary/aromatic N) is 4. The summed E-state index contributed by atoms with van der Waals surface area (Å²) < 4.78 is 26.4. The molecule has 0 aliphatic carbocycles. The van der Waals surface area contributed by atoms with E-state index in [2.05, 4.69) is 23.1 Å². The molecule has 0 radical (unpaired) electrons. The van der Waals surface area contributed by atoms with Crippen molar-refractivity contribution in [2.75, 3.05) is 69.0 Å². The Kier molecular flexibility index (Phi) is 8.56. The number of anilines is 2. The molecule has 4 heterocycles. The van der Waals surface area contributed by atoms with E-state index in [0.717, 1.165) is 75.1 Å². The fourth-order valence-electron chi connectivity index (χ4n) is 6.22. The lowest BCUT2D eigenvalue weighted by Crippen LogP contribution is -2.45. The molecule has 212 valence electrons. The van der Waals surface area contributed by atoms with Crippen LogP contribution in [0.4, 0.5) is 15.8 Å². The minimum absolute atomic E-state index is 0.0670. The highest BCUT2D eigenvalue weighted by atomic mass is 19.1. The molecule has 0 unspecified atom stereocenters. The Morgan fingerprint density at radius 3 is 2.42 bits per heavy atom. The minimum atomic E-state index is -0.276. The second kappa shape index (κ2) is 12.6. The monoisotopic (exact) mass is 546 g/mol. The summed E-state index contributed by atoms with van der Waals surface area (Å²) in [6, 6.07) is 17.7. The molecule has 2 aromatic carbocycles. The highest BCUT2D eigenvalue weighted by Gasteiger charge is 2.32. The normalized spacial score (nSPS) is 19.7. The van der Waals surface area contributed by atoms with Gasteiger partial charge in [0.2, 0.25) is 5.91 Å². The van der Waals surface area contributed by atoms with Crippen molar-refractivity contribution in [3.05, 3.63) is 66.1 Å². The summed E-state index contributed by atoms with van der Waals surface area (Å²) in [5.74, 6) is 0.136. The van der Waals surface area contributed by atoms with E-state index < -0.39 is 0 Å². The van der Waals surface area contributed by atoms with Gasteiger partial charge in [0.05, 0.1) is 30.1 Å². The van der Waals surface area contributed by atoms with Crippen LogP contribution in [-0.4, -0.2) is 74.9 Å². The Morgan fingerprint density at radius 1 is 0.900 bits per heavy atom. The summed E-state index contributed by atoms with van der Waals surface area (Å²) in [6.45, 7) is 7.08. The van der Waals surface area contributed by atoms with E-state index in [-0.39, 0.29) is 17.6 Å². The van der Waals surface area contributed by atoms with E-state index in [4.69, 9.17) is 14.5 Å². The fourth-order valence-corrected chi connectivity index (χ4v) is 6.22. The van der Waals surface area contributed by atoms with Gasteiger partial charge in [-0.1, -0.05) is 24.3 Å². The van der Waals surface area contributed by atoms with Gasteiger partial charge in [0.1, 0.15) is 5.82 Å². The molecule has 0 bridgehead atoms. The van der Waals surface area contributed by atoms with Gasteiger partial charge >= 0.3 is 0 Å². The van der Waals surface area contributed by atoms with Crippen LogP contribution in [-0.2, 0) is 20.8 Å². The maximum Gasteiger partial charge on any atom is 0.230 e. The number of amides is 1. The average molecular weight is 547 g/mol. The van der Waals surface area contributed by atoms with Crippen molar-refractivity contribution < 1.29 is 18.7 Å². The number of aromatic nitrogens is 1. The Balaban J connectivity index is 1.13. The van der Waals surface area contributed by atoms with Crippen molar-refractivity contribution in [3.8, 4) is 0 Å². The van der Waals surface area contributed by atoms with Crippen LogP contribution in [0.3, 0.4) is 0 Å². The highest BCUT2D eigenvalue weighted by molar-refractivity contribution is 5.95. The maximum absolute atomic E-state index is 15.4. The summed E-state index contributed by atoms with van der Waals surface area (Å²) in [4.78, 5) is 25.1. The van der Waals surface area contributed by atoms with Crippen molar-refractivity contribution in [1.29, 1.82) is 0 Å². The Bertz CT molecular complexity index is 1300. The molecule has 1 amide bonds. The van der Waals surface area contributed by atoms with E-state index in [1.807, 2.05) is 40.1 Å². The second-order valence-electron chi connectivity index (χ2n) is 11.3. The zero-order valence-corrected chi connectivity index (χ0v) is 23.1. The van der Waals surface area contributed by atoms with Crippen LogP contribution in [0.15, 0.2) is 54.6 Å². The van der Waals surface area contributed by atoms with Gasteiger partial charge in [0, 0.05) is 56.4 Å². The third-order valence-corrected chi connectivity index (χ3v) is 8.62. The first-order valence-electron chi connectivity index (χ1n) is 14.7. The number of benzene rings is 2. The quantitative estimate of drug-likeness (QED) is 0.421. The fraction of sp³-hybridized carbons (Fsp3) is 0.500. The Hall–Kier alpha value is -3.07. The number of hydrogen-bond acceptors (Lipinski definition) is 6. The van der Waals surface area contributed by atoms with Gasteiger partial charge in [0.15, 0.2) is 0 Å². The van der Waals surface area contributed by atoms with Crippen LogP contribution in [0.25, 0.3) is 10.9 Å². The molecule has 3 aliphatic rings. The summed E-state index contributed by atoms with van der Waals surface area (Å²) in [6.07, 6.45) is 3.45. The van der Waals surface area contributed by atoms with E-state index in [1.165, 1.54) is 0 Å². The molecule has 3 fully saturated rings. The van der Waals surface area contributed by atoms with Crippen LogP contribution < -0.4 is 9.80 Å². The standard InChI is InChI=1S/C32H39FN4O3/c33-29-21-28(7-8-31(29)36-15-19-40-20-16-36)37(22-24-11-17-39-18-12-24)32(38)26-9-13-35(14-10-26)23-27-6-5-25-3-1-2-4-30(25)34-27/h1-8,21,24,26H,9-20,22-23H2. The van der Waals surface area contributed by atoms with Crippen molar-refractivity contribution in [2.45, 2.75) is 32.2 Å². The van der Waals surface area contributed by atoms with Gasteiger partial charge in [-0.15, -0.1) is 0 Å². The lowest BCUT2D eigenvalue weighted by Gasteiger charge is -2.36.